The van der Waals surface area contributed by atoms with Crippen LogP contribution < -0.4 is 15.8 Å². The first-order chi connectivity index (χ1) is 9.17. The molecule has 0 saturated carbocycles. The molecule has 106 valence electrons. The van der Waals surface area contributed by atoms with Crippen molar-refractivity contribution in [2.75, 3.05) is 13.7 Å². The van der Waals surface area contributed by atoms with Crippen LogP contribution in [0.5, 0.6) is 5.75 Å². The lowest BCUT2D eigenvalue weighted by Gasteiger charge is -2.11. The van der Waals surface area contributed by atoms with Crippen molar-refractivity contribution in [3.63, 3.8) is 0 Å². The molecule has 3 N–H and O–H groups in total. The van der Waals surface area contributed by atoms with Gasteiger partial charge in [-0.1, -0.05) is 25.1 Å². The average Bonchev–Trinajstić information content (AvgIpc) is 2.43. The van der Waals surface area contributed by atoms with Gasteiger partial charge in [0.15, 0.2) is 0 Å². The van der Waals surface area contributed by atoms with Gasteiger partial charge in [-0.2, -0.15) is 0 Å². The first kappa shape index (κ1) is 15.5. The Labute approximate surface area is 115 Å². The van der Waals surface area contributed by atoms with Crippen LogP contribution in [0.3, 0.4) is 0 Å². The van der Waals surface area contributed by atoms with Gasteiger partial charge in [0.25, 0.3) is 0 Å². The molecule has 1 atom stereocenters. The molecule has 1 amide bonds. The normalized spacial score (nSPS) is 11.9. The Hall–Kier alpha value is -1.55. The molecule has 0 aliphatic rings. The number of nitrogens with two attached hydrogens (primary N) is 1. The average molecular weight is 264 g/mol. The standard InChI is InChI=1S/C15H24N2O2/c1-12(9-10-16)7-8-15(18)17-11-13-5-3-4-6-14(13)19-2/h3-6,12H,7-11,16H2,1-2H3,(H,17,18). The number of carbonyl (C=O) groups excluding carboxylic acids is 1. The molecule has 0 spiro atoms. The van der Waals surface area contributed by atoms with Crippen LogP contribution in [0, 0.1) is 5.92 Å². The van der Waals surface area contributed by atoms with E-state index < -0.39 is 0 Å². The van der Waals surface area contributed by atoms with Gasteiger partial charge in [-0.15, -0.1) is 0 Å². The van der Waals surface area contributed by atoms with Crippen LogP contribution in [0.15, 0.2) is 24.3 Å². The van der Waals surface area contributed by atoms with Crippen molar-refractivity contribution in [3.05, 3.63) is 29.8 Å². The SMILES string of the molecule is COc1ccccc1CNC(=O)CCC(C)CCN. The van der Waals surface area contributed by atoms with E-state index in [1.54, 1.807) is 7.11 Å². The number of amides is 1. The number of methoxy groups -OCH3 is 1. The summed E-state index contributed by atoms with van der Waals surface area (Å²) in [6.45, 7) is 3.32. The molecule has 4 heteroatoms. The number of benzene rings is 1. The third kappa shape index (κ3) is 5.75. The van der Waals surface area contributed by atoms with Gasteiger partial charge in [0.05, 0.1) is 7.11 Å². The molecule has 0 bridgehead atoms. The lowest BCUT2D eigenvalue weighted by molar-refractivity contribution is -0.121. The van der Waals surface area contributed by atoms with Gasteiger partial charge in [0.2, 0.25) is 5.91 Å². The largest absolute Gasteiger partial charge is 0.496 e. The monoisotopic (exact) mass is 264 g/mol. The van der Waals surface area contributed by atoms with E-state index in [1.807, 2.05) is 24.3 Å². The Bertz CT molecular complexity index is 393. The molecule has 4 nitrogen and oxygen atoms in total. The van der Waals surface area contributed by atoms with Gasteiger partial charge in [-0.05, 0) is 31.4 Å². The summed E-state index contributed by atoms with van der Waals surface area (Å²) in [6.07, 6.45) is 2.41. The van der Waals surface area contributed by atoms with Gasteiger partial charge in [0.1, 0.15) is 5.75 Å². The second-order valence-corrected chi connectivity index (χ2v) is 4.81. The molecule has 1 unspecified atom stereocenters. The summed E-state index contributed by atoms with van der Waals surface area (Å²) < 4.78 is 5.24. The first-order valence-corrected chi connectivity index (χ1v) is 6.76. The highest BCUT2D eigenvalue weighted by molar-refractivity contribution is 5.75. The van der Waals surface area contributed by atoms with E-state index >= 15 is 0 Å². The minimum atomic E-state index is 0.0785. The van der Waals surface area contributed by atoms with E-state index in [0.717, 1.165) is 24.2 Å². The van der Waals surface area contributed by atoms with Crippen LogP contribution in [0.1, 0.15) is 31.7 Å². The number of hydrogen-bond acceptors (Lipinski definition) is 3. The number of hydrogen-bond donors (Lipinski definition) is 2. The fourth-order valence-electron chi connectivity index (χ4n) is 1.94. The molecule has 0 aliphatic heterocycles. The molecular formula is C15H24N2O2. The Morgan fingerprint density at radius 1 is 1.37 bits per heavy atom. The molecular weight excluding hydrogens is 240 g/mol. The number of rotatable bonds is 8. The number of ether oxygens (including phenoxy) is 1. The van der Waals surface area contributed by atoms with Crippen molar-refractivity contribution >= 4 is 5.91 Å². The van der Waals surface area contributed by atoms with Crippen molar-refractivity contribution in [2.45, 2.75) is 32.7 Å². The van der Waals surface area contributed by atoms with Gasteiger partial charge in [0, 0.05) is 18.5 Å². The maximum Gasteiger partial charge on any atom is 0.220 e. The number of para-hydroxylation sites is 1. The maximum absolute atomic E-state index is 11.7. The van der Waals surface area contributed by atoms with E-state index in [2.05, 4.69) is 12.2 Å². The summed E-state index contributed by atoms with van der Waals surface area (Å²) in [6, 6.07) is 7.70. The Morgan fingerprint density at radius 3 is 2.79 bits per heavy atom. The van der Waals surface area contributed by atoms with Crippen molar-refractivity contribution in [3.8, 4) is 5.75 Å². The highest BCUT2D eigenvalue weighted by Crippen LogP contribution is 2.16. The summed E-state index contributed by atoms with van der Waals surface area (Å²) in [7, 11) is 1.63. The van der Waals surface area contributed by atoms with E-state index in [1.165, 1.54) is 0 Å². The molecule has 1 aromatic rings. The fraction of sp³-hybridized carbons (Fsp3) is 0.533. The molecule has 0 aromatic heterocycles. The van der Waals surface area contributed by atoms with E-state index in [-0.39, 0.29) is 5.91 Å². The molecule has 1 rings (SSSR count). The predicted molar refractivity (Wildman–Crippen MR) is 76.9 cm³/mol. The lowest BCUT2D eigenvalue weighted by Crippen LogP contribution is -2.23. The van der Waals surface area contributed by atoms with Gasteiger partial charge in [-0.3, -0.25) is 4.79 Å². The van der Waals surface area contributed by atoms with Gasteiger partial charge < -0.3 is 15.8 Å². The molecule has 19 heavy (non-hydrogen) atoms. The van der Waals surface area contributed by atoms with Gasteiger partial charge in [-0.25, -0.2) is 0 Å². The van der Waals surface area contributed by atoms with Crippen LogP contribution in [0.4, 0.5) is 0 Å². The van der Waals surface area contributed by atoms with Crippen LogP contribution in [-0.4, -0.2) is 19.6 Å². The second-order valence-electron chi connectivity index (χ2n) is 4.81. The topological polar surface area (TPSA) is 64.3 Å². The fourth-order valence-corrected chi connectivity index (χ4v) is 1.94. The van der Waals surface area contributed by atoms with E-state index in [9.17, 15) is 4.79 Å². The van der Waals surface area contributed by atoms with Crippen LogP contribution in [0.25, 0.3) is 0 Å². The van der Waals surface area contributed by atoms with Gasteiger partial charge >= 0.3 is 0 Å². The Kier molecular flexibility index (Phi) is 6.97. The molecule has 0 fully saturated rings. The first-order valence-electron chi connectivity index (χ1n) is 6.76. The zero-order chi connectivity index (χ0) is 14.1. The van der Waals surface area contributed by atoms with Crippen molar-refractivity contribution < 1.29 is 9.53 Å². The third-order valence-electron chi connectivity index (χ3n) is 3.19. The predicted octanol–water partition coefficient (Wildman–Crippen LogP) is 2.08. The van der Waals surface area contributed by atoms with Crippen LogP contribution >= 0.6 is 0 Å². The maximum atomic E-state index is 11.7. The smallest absolute Gasteiger partial charge is 0.220 e. The van der Waals surface area contributed by atoms with Crippen molar-refractivity contribution in [2.24, 2.45) is 11.7 Å². The molecule has 0 radical (unpaired) electrons. The van der Waals surface area contributed by atoms with E-state index in [4.69, 9.17) is 10.5 Å². The minimum Gasteiger partial charge on any atom is -0.496 e. The lowest BCUT2D eigenvalue weighted by atomic mass is 10.0. The minimum absolute atomic E-state index is 0.0785. The van der Waals surface area contributed by atoms with Crippen molar-refractivity contribution in [1.29, 1.82) is 0 Å². The summed E-state index contributed by atoms with van der Waals surface area (Å²) in [5, 5.41) is 2.92. The summed E-state index contributed by atoms with van der Waals surface area (Å²) in [4.78, 5) is 11.7. The molecule has 0 aliphatic carbocycles. The third-order valence-corrected chi connectivity index (χ3v) is 3.19. The second kappa shape index (κ2) is 8.53. The summed E-state index contributed by atoms with van der Waals surface area (Å²) >= 11 is 0. The number of nitrogens with one attached hydrogen (secondary N) is 1. The molecule has 1 aromatic carbocycles. The molecule has 0 heterocycles. The summed E-state index contributed by atoms with van der Waals surface area (Å²) in [5.41, 5.74) is 6.48. The van der Waals surface area contributed by atoms with Crippen LogP contribution in [0.2, 0.25) is 0 Å². The number of carbonyl (C=O) groups is 1. The Balaban J connectivity index is 2.33. The zero-order valence-electron chi connectivity index (χ0n) is 11.8. The summed E-state index contributed by atoms with van der Waals surface area (Å²) in [5.74, 6) is 1.39. The quantitative estimate of drug-likeness (QED) is 0.755. The highest BCUT2D eigenvalue weighted by atomic mass is 16.5. The van der Waals surface area contributed by atoms with E-state index in [0.29, 0.717) is 25.4 Å². The van der Waals surface area contributed by atoms with Crippen molar-refractivity contribution in [1.82, 2.24) is 5.32 Å². The molecule has 0 saturated heterocycles. The van der Waals surface area contributed by atoms with Crippen LogP contribution in [-0.2, 0) is 11.3 Å². The highest BCUT2D eigenvalue weighted by Gasteiger charge is 2.07. The Morgan fingerprint density at radius 2 is 2.11 bits per heavy atom. The zero-order valence-corrected chi connectivity index (χ0v) is 11.8.